The Balaban J connectivity index is 1.31. The van der Waals surface area contributed by atoms with Gasteiger partial charge in [-0.05, 0) is 47.8 Å². The second kappa shape index (κ2) is 9.33. The molecule has 0 fully saturated rings. The quantitative estimate of drug-likeness (QED) is 0.244. The molecule has 3 N–H and O–H groups in total. The number of anilines is 1. The molecule has 0 radical (unpaired) electrons. The molecule has 0 saturated carbocycles. The summed E-state index contributed by atoms with van der Waals surface area (Å²) in [5, 5.41) is 21.8. The Morgan fingerprint density at radius 1 is 1.00 bits per heavy atom. The summed E-state index contributed by atoms with van der Waals surface area (Å²) in [5.74, 6) is 6.62. The van der Waals surface area contributed by atoms with Gasteiger partial charge in [-0.15, -0.1) is 21.5 Å². The number of hydrogen-bond donors (Lipinski definition) is 2. The first kappa shape index (κ1) is 19.8. The number of thiophene rings is 1. The number of benzene rings is 2. The standard InChI is InChI=1S/C20H17N7OS2/c21-27-19(17-7-4-12-29-17)25-26-20(27)30-13-18(28)22-14-8-10-16(11-9-14)24-23-15-5-2-1-3-6-15/h1-12H,13,21H2,(H,22,28). The molecule has 0 saturated heterocycles. The fraction of sp³-hybridized carbons (Fsp3) is 0.0500. The van der Waals surface area contributed by atoms with E-state index in [0.717, 1.165) is 10.6 Å². The van der Waals surface area contributed by atoms with Crippen molar-refractivity contribution in [2.45, 2.75) is 5.16 Å². The molecule has 0 unspecified atom stereocenters. The Morgan fingerprint density at radius 2 is 1.73 bits per heavy atom. The van der Waals surface area contributed by atoms with Crippen LogP contribution in [0.1, 0.15) is 0 Å². The number of amides is 1. The third-order valence-electron chi connectivity index (χ3n) is 3.93. The van der Waals surface area contributed by atoms with Crippen molar-refractivity contribution in [3.05, 3.63) is 72.1 Å². The predicted molar refractivity (Wildman–Crippen MR) is 120 cm³/mol. The number of thioether (sulfide) groups is 1. The van der Waals surface area contributed by atoms with Crippen molar-refractivity contribution >= 4 is 46.1 Å². The molecular weight excluding hydrogens is 418 g/mol. The van der Waals surface area contributed by atoms with E-state index >= 15 is 0 Å². The van der Waals surface area contributed by atoms with Crippen LogP contribution in [0.2, 0.25) is 0 Å². The van der Waals surface area contributed by atoms with Gasteiger partial charge in [-0.3, -0.25) is 4.79 Å². The van der Waals surface area contributed by atoms with Crippen LogP contribution in [0.15, 0.2) is 87.5 Å². The van der Waals surface area contributed by atoms with E-state index in [1.807, 2.05) is 47.8 Å². The van der Waals surface area contributed by atoms with Crippen LogP contribution in [-0.4, -0.2) is 26.5 Å². The van der Waals surface area contributed by atoms with Gasteiger partial charge >= 0.3 is 0 Å². The Labute approximate surface area is 180 Å². The van der Waals surface area contributed by atoms with E-state index in [2.05, 4.69) is 25.7 Å². The molecule has 0 aliphatic carbocycles. The highest BCUT2D eigenvalue weighted by Gasteiger charge is 2.14. The van der Waals surface area contributed by atoms with Crippen LogP contribution in [0.4, 0.5) is 17.1 Å². The number of aromatic nitrogens is 3. The zero-order valence-electron chi connectivity index (χ0n) is 15.7. The summed E-state index contributed by atoms with van der Waals surface area (Å²) in [6, 6.07) is 20.5. The van der Waals surface area contributed by atoms with Crippen LogP contribution in [0, 0.1) is 0 Å². The van der Waals surface area contributed by atoms with E-state index in [4.69, 9.17) is 5.84 Å². The van der Waals surface area contributed by atoms with Gasteiger partial charge in [0.25, 0.3) is 0 Å². The van der Waals surface area contributed by atoms with Crippen molar-refractivity contribution in [2.75, 3.05) is 16.9 Å². The number of carbonyl (C=O) groups is 1. The van der Waals surface area contributed by atoms with E-state index in [0.29, 0.717) is 22.4 Å². The lowest BCUT2D eigenvalue weighted by atomic mass is 10.3. The van der Waals surface area contributed by atoms with Crippen molar-refractivity contribution in [1.29, 1.82) is 0 Å². The van der Waals surface area contributed by atoms with Crippen LogP contribution >= 0.6 is 23.1 Å². The minimum absolute atomic E-state index is 0.162. The Hall–Kier alpha value is -3.50. The number of hydrogen-bond acceptors (Lipinski definition) is 8. The molecule has 1 amide bonds. The molecule has 2 aromatic carbocycles. The fourth-order valence-corrected chi connectivity index (χ4v) is 3.86. The topological polar surface area (TPSA) is 111 Å². The SMILES string of the molecule is Nn1c(SCC(=O)Nc2ccc(N=Nc3ccccc3)cc2)nnc1-c1cccs1. The first-order valence-electron chi connectivity index (χ1n) is 8.93. The maximum atomic E-state index is 12.3. The number of nitrogens with zero attached hydrogens (tertiary/aromatic N) is 5. The fourth-order valence-electron chi connectivity index (χ4n) is 2.50. The van der Waals surface area contributed by atoms with Gasteiger partial charge in [0.2, 0.25) is 11.1 Å². The van der Waals surface area contributed by atoms with E-state index < -0.39 is 0 Å². The molecule has 0 atom stereocenters. The summed E-state index contributed by atoms with van der Waals surface area (Å²) in [5.41, 5.74) is 2.15. The summed E-state index contributed by atoms with van der Waals surface area (Å²) in [7, 11) is 0. The van der Waals surface area contributed by atoms with E-state index in [-0.39, 0.29) is 11.7 Å². The number of nitrogens with one attached hydrogen (secondary N) is 1. The maximum absolute atomic E-state index is 12.3. The number of rotatable bonds is 7. The molecule has 2 heterocycles. The summed E-state index contributed by atoms with van der Waals surface area (Å²) >= 11 is 2.75. The molecule has 0 bridgehead atoms. The highest BCUT2D eigenvalue weighted by Crippen LogP contribution is 2.25. The lowest BCUT2D eigenvalue weighted by Gasteiger charge is -2.05. The van der Waals surface area contributed by atoms with Crippen LogP contribution in [-0.2, 0) is 4.79 Å². The van der Waals surface area contributed by atoms with Gasteiger partial charge in [0.15, 0.2) is 5.82 Å². The van der Waals surface area contributed by atoms with Crippen molar-refractivity contribution < 1.29 is 4.79 Å². The smallest absolute Gasteiger partial charge is 0.234 e. The Kier molecular flexibility index (Phi) is 6.16. The second-order valence-electron chi connectivity index (χ2n) is 6.07. The van der Waals surface area contributed by atoms with Gasteiger partial charge in [0, 0.05) is 5.69 Å². The van der Waals surface area contributed by atoms with Gasteiger partial charge in [0.1, 0.15) is 0 Å². The molecule has 0 aliphatic rings. The molecule has 30 heavy (non-hydrogen) atoms. The number of carbonyl (C=O) groups excluding carboxylic acids is 1. The monoisotopic (exact) mass is 435 g/mol. The lowest BCUT2D eigenvalue weighted by Crippen LogP contribution is -2.16. The van der Waals surface area contributed by atoms with Gasteiger partial charge in [-0.25, -0.2) is 4.68 Å². The molecule has 4 rings (SSSR count). The van der Waals surface area contributed by atoms with E-state index in [1.54, 1.807) is 24.3 Å². The summed E-state index contributed by atoms with van der Waals surface area (Å²) in [4.78, 5) is 13.2. The van der Waals surface area contributed by atoms with Crippen LogP contribution in [0.3, 0.4) is 0 Å². The van der Waals surface area contributed by atoms with Crippen LogP contribution in [0.25, 0.3) is 10.7 Å². The van der Waals surface area contributed by atoms with Crippen LogP contribution in [0.5, 0.6) is 0 Å². The maximum Gasteiger partial charge on any atom is 0.234 e. The number of nitrogens with two attached hydrogens (primary N) is 1. The molecule has 0 spiro atoms. The lowest BCUT2D eigenvalue weighted by molar-refractivity contribution is -0.113. The summed E-state index contributed by atoms with van der Waals surface area (Å²) in [6.45, 7) is 0. The van der Waals surface area contributed by atoms with Crippen molar-refractivity contribution in [3.63, 3.8) is 0 Å². The molecule has 2 aromatic heterocycles. The third-order valence-corrected chi connectivity index (χ3v) is 5.74. The number of nitrogen functional groups attached to an aromatic ring is 1. The van der Waals surface area contributed by atoms with Crippen molar-refractivity contribution in [2.24, 2.45) is 10.2 Å². The molecule has 150 valence electrons. The van der Waals surface area contributed by atoms with E-state index in [9.17, 15) is 4.79 Å². The predicted octanol–water partition coefficient (Wildman–Crippen LogP) is 4.87. The first-order chi connectivity index (χ1) is 14.7. The first-order valence-corrected chi connectivity index (χ1v) is 10.8. The summed E-state index contributed by atoms with van der Waals surface area (Å²) < 4.78 is 1.40. The molecule has 4 aromatic rings. The minimum atomic E-state index is -0.167. The largest absolute Gasteiger partial charge is 0.335 e. The van der Waals surface area contributed by atoms with Gasteiger partial charge < -0.3 is 11.2 Å². The summed E-state index contributed by atoms with van der Waals surface area (Å²) in [6.07, 6.45) is 0. The Bertz CT molecular complexity index is 1140. The normalized spacial score (nSPS) is 11.1. The zero-order valence-corrected chi connectivity index (χ0v) is 17.3. The van der Waals surface area contributed by atoms with Gasteiger partial charge in [0.05, 0.1) is 22.0 Å². The van der Waals surface area contributed by atoms with Crippen molar-refractivity contribution in [1.82, 2.24) is 14.9 Å². The molecular formula is C20H17N7OS2. The highest BCUT2D eigenvalue weighted by atomic mass is 32.2. The van der Waals surface area contributed by atoms with E-state index in [1.165, 1.54) is 27.8 Å². The average Bonchev–Trinajstić information content (AvgIpc) is 3.42. The van der Waals surface area contributed by atoms with Crippen molar-refractivity contribution in [3.8, 4) is 10.7 Å². The highest BCUT2D eigenvalue weighted by molar-refractivity contribution is 7.99. The van der Waals surface area contributed by atoms with Crippen LogP contribution < -0.4 is 11.2 Å². The van der Waals surface area contributed by atoms with Gasteiger partial charge in [-0.2, -0.15) is 10.2 Å². The molecule has 10 heteroatoms. The molecule has 8 nitrogen and oxygen atoms in total. The third kappa shape index (κ3) is 4.91. The zero-order chi connectivity index (χ0) is 20.8. The minimum Gasteiger partial charge on any atom is -0.335 e. The number of azo groups is 1. The molecule has 0 aliphatic heterocycles. The van der Waals surface area contributed by atoms with Gasteiger partial charge in [-0.1, -0.05) is 36.0 Å². The second-order valence-corrected chi connectivity index (χ2v) is 7.96. The Morgan fingerprint density at radius 3 is 2.43 bits per heavy atom. The average molecular weight is 436 g/mol.